The van der Waals surface area contributed by atoms with Crippen molar-refractivity contribution in [3.8, 4) is 5.75 Å². The number of aromatic nitrogens is 1. The third-order valence-corrected chi connectivity index (χ3v) is 2.58. The average Bonchev–Trinajstić information content (AvgIpc) is 2.54. The van der Waals surface area contributed by atoms with Crippen LogP contribution in [-0.2, 0) is 0 Å². The minimum Gasteiger partial charge on any atom is -0.491 e. The standard InChI is InChI=1S/C9H10N2O2S/c10-9-11-7-2-1-6(13-4-3-12)5-8(7)14-9/h1-2,5,12H,3-4H2,(H2,10,11). The molecule has 1 aromatic heterocycles. The molecule has 0 aliphatic rings. The first-order valence-corrected chi connectivity index (χ1v) is 5.01. The molecule has 0 aliphatic carbocycles. The Kier molecular flexibility index (Phi) is 2.51. The number of nitrogen functional groups attached to an aromatic ring is 1. The highest BCUT2D eigenvalue weighted by molar-refractivity contribution is 7.22. The maximum atomic E-state index is 8.59. The van der Waals surface area contributed by atoms with E-state index in [1.54, 1.807) is 0 Å². The number of nitrogens with zero attached hydrogens (tertiary/aromatic N) is 1. The molecule has 74 valence electrons. The van der Waals surface area contributed by atoms with Crippen molar-refractivity contribution in [1.82, 2.24) is 4.98 Å². The number of rotatable bonds is 3. The summed E-state index contributed by atoms with van der Waals surface area (Å²) in [6, 6.07) is 5.55. The summed E-state index contributed by atoms with van der Waals surface area (Å²) >= 11 is 1.42. The molecule has 1 aromatic carbocycles. The summed E-state index contributed by atoms with van der Waals surface area (Å²) in [7, 11) is 0. The van der Waals surface area contributed by atoms with Crippen LogP contribution in [0.25, 0.3) is 10.2 Å². The van der Waals surface area contributed by atoms with Gasteiger partial charge in [-0.3, -0.25) is 0 Å². The zero-order valence-electron chi connectivity index (χ0n) is 7.43. The minimum absolute atomic E-state index is 0.0167. The Labute approximate surface area is 85.0 Å². The molecule has 5 heteroatoms. The van der Waals surface area contributed by atoms with Crippen LogP contribution in [0.3, 0.4) is 0 Å². The molecule has 3 N–H and O–H groups in total. The van der Waals surface area contributed by atoms with Crippen molar-refractivity contribution in [2.75, 3.05) is 18.9 Å². The van der Waals surface area contributed by atoms with E-state index in [9.17, 15) is 0 Å². The highest BCUT2D eigenvalue weighted by atomic mass is 32.1. The Morgan fingerprint density at radius 1 is 1.50 bits per heavy atom. The summed E-state index contributed by atoms with van der Waals surface area (Å²) in [6.07, 6.45) is 0. The minimum atomic E-state index is 0.0167. The first-order chi connectivity index (χ1) is 6.79. The van der Waals surface area contributed by atoms with E-state index in [4.69, 9.17) is 15.6 Å². The predicted molar refractivity (Wildman–Crippen MR) is 56.6 cm³/mol. The largest absolute Gasteiger partial charge is 0.491 e. The lowest BCUT2D eigenvalue weighted by Crippen LogP contribution is -2.00. The number of aliphatic hydroxyl groups is 1. The van der Waals surface area contributed by atoms with Crippen LogP contribution < -0.4 is 10.5 Å². The SMILES string of the molecule is Nc1nc2ccc(OCCO)cc2s1. The Bertz CT molecular complexity index is 441. The van der Waals surface area contributed by atoms with Crippen molar-refractivity contribution in [3.63, 3.8) is 0 Å². The van der Waals surface area contributed by atoms with Gasteiger partial charge in [0.15, 0.2) is 5.13 Å². The second-order valence-electron chi connectivity index (χ2n) is 2.75. The number of benzene rings is 1. The van der Waals surface area contributed by atoms with Crippen LogP contribution in [0.4, 0.5) is 5.13 Å². The van der Waals surface area contributed by atoms with E-state index in [-0.39, 0.29) is 6.61 Å². The number of nitrogens with two attached hydrogens (primary N) is 1. The van der Waals surface area contributed by atoms with Crippen molar-refractivity contribution in [1.29, 1.82) is 0 Å². The monoisotopic (exact) mass is 210 g/mol. The topological polar surface area (TPSA) is 68.4 Å². The molecule has 2 aromatic rings. The molecule has 0 unspecified atom stereocenters. The van der Waals surface area contributed by atoms with E-state index < -0.39 is 0 Å². The number of anilines is 1. The molecule has 0 bridgehead atoms. The van der Waals surface area contributed by atoms with E-state index in [1.807, 2.05) is 18.2 Å². The quantitative estimate of drug-likeness (QED) is 0.800. The fourth-order valence-electron chi connectivity index (χ4n) is 1.18. The van der Waals surface area contributed by atoms with Crippen LogP contribution in [0.1, 0.15) is 0 Å². The Hall–Kier alpha value is -1.33. The number of hydrogen-bond acceptors (Lipinski definition) is 5. The molecule has 0 spiro atoms. The summed E-state index contributed by atoms with van der Waals surface area (Å²) in [6.45, 7) is 0.322. The predicted octanol–water partition coefficient (Wildman–Crippen LogP) is 1.25. The first-order valence-electron chi connectivity index (χ1n) is 4.19. The molecule has 4 nitrogen and oxygen atoms in total. The molecular formula is C9H10N2O2S. The lowest BCUT2D eigenvalue weighted by atomic mass is 10.3. The van der Waals surface area contributed by atoms with Crippen molar-refractivity contribution in [2.45, 2.75) is 0 Å². The molecule has 1 heterocycles. The summed E-state index contributed by atoms with van der Waals surface area (Å²) in [5, 5.41) is 9.15. The second-order valence-corrected chi connectivity index (χ2v) is 3.82. The summed E-state index contributed by atoms with van der Waals surface area (Å²) < 4.78 is 6.26. The number of aliphatic hydroxyl groups excluding tert-OH is 1. The highest BCUT2D eigenvalue weighted by Gasteiger charge is 2.02. The van der Waals surface area contributed by atoms with Crippen molar-refractivity contribution >= 4 is 26.7 Å². The van der Waals surface area contributed by atoms with Crippen molar-refractivity contribution in [2.24, 2.45) is 0 Å². The van der Waals surface area contributed by atoms with E-state index >= 15 is 0 Å². The van der Waals surface area contributed by atoms with Gasteiger partial charge in [-0.05, 0) is 18.2 Å². The Morgan fingerprint density at radius 2 is 2.36 bits per heavy atom. The van der Waals surface area contributed by atoms with Crippen LogP contribution in [0.2, 0.25) is 0 Å². The maximum absolute atomic E-state index is 8.59. The summed E-state index contributed by atoms with van der Waals surface area (Å²) in [5.74, 6) is 0.732. The molecule has 0 atom stereocenters. The zero-order valence-corrected chi connectivity index (χ0v) is 8.25. The Balaban J connectivity index is 2.31. The first kappa shape index (κ1) is 9.23. The number of thiazole rings is 1. The van der Waals surface area contributed by atoms with Gasteiger partial charge >= 0.3 is 0 Å². The zero-order chi connectivity index (χ0) is 9.97. The van der Waals surface area contributed by atoms with Gasteiger partial charge in [-0.25, -0.2) is 4.98 Å². The smallest absolute Gasteiger partial charge is 0.181 e. The van der Waals surface area contributed by atoms with E-state index in [0.29, 0.717) is 11.7 Å². The van der Waals surface area contributed by atoms with Crippen LogP contribution in [0.5, 0.6) is 5.75 Å². The molecule has 0 aliphatic heterocycles. The van der Waals surface area contributed by atoms with Crippen LogP contribution in [0.15, 0.2) is 18.2 Å². The Morgan fingerprint density at radius 3 is 3.14 bits per heavy atom. The van der Waals surface area contributed by atoms with Crippen LogP contribution in [0, 0.1) is 0 Å². The van der Waals surface area contributed by atoms with E-state index in [1.165, 1.54) is 11.3 Å². The van der Waals surface area contributed by atoms with Crippen molar-refractivity contribution in [3.05, 3.63) is 18.2 Å². The average molecular weight is 210 g/mol. The highest BCUT2D eigenvalue weighted by Crippen LogP contribution is 2.27. The van der Waals surface area contributed by atoms with Gasteiger partial charge in [0.1, 0.15) is 12.4 Å². The molecule has 14 heavy (non-hydrogen) atoms. The third-order valence-electron chi connectivity index (χ3n) is 1.74. The summed E-state index contributed by atoms with van der Waals surface area (Å²) in [5.41, 5.74) is 6.45. The van der Waals surface area contributed by atoms with Crippen LogP contribution >= 0.6 is 11.3 Å². The normalized spacial score (nSPS) is 10.6. The maximum Gasteiger partial charge on any atom is 0.181 e. The summed E-state index contributed by atoms with van der Waals surface area (Å²) in [4.78, 5) is 4.13. The molecule has 0 amide bonds. The van der Waals surface area contributed by atoms with Gasteiger partial charge in [0.05, 0.1) is 16.8 Å². The molecule has 2 rings (SSSR count). The van der Waals surface area contributed by atoms with E-state index in [0.717, 1.165) is 16.0 Å². The number of fused-ring (bicyclic) bond motifs is 1. The van der Waals surface area contributed by atoms with E-state index in [2.05, 4.69) is 4.98 Å². The van der Waals surface area contributed by atoms with Gasteiger partial charge < -0.3 is 15.6 Å². The van der Waals surface area contributed by atoms with Crippen molar-refractivity contribution < 1.29 is 9.84 Å². The van der Waals surface area contributed by atoms with Gasteiger partial charge in [-0.15, -0.1) is 0 Å². The molecule has 0 radical (unpaired) electrons. The molecule has 0 saturated heterocycles. The molecular weight excluding hydrogens is 200 g/mol. The third kappa shape index (κ3) is 1.78. The van der Waals surface area contributed by atoms with Gasteiger partial charge in [0.2, 0.25) is 0 Å². The lowest BCUT2D eigenvalue weighted by molar-refractivity contribution is 0.201. The second kappa shape index (κ2) is 3.81. The number of ether oxygens (including phenoxy) is 1. The van der Waals surface area contributed by atoms with Gasteiger partial charge in [-0.1, -0.05) is 11.3 Å². The molecule has 0 fully saturated rings. The fourth-order valence-corrected chi connectivity index (χ4v) is 1.94. The lowest BCUT2D eigenvalue weighted by Gasteiger charge is -2.02. The fraction of sp³-hybridized carbons (Fsp3) is 0.222. The molecule has 0 saturated carbocycles. The van der Waals surface area contributed by atoms with Gasteiger partial charge in [0.25, 0.3) is 0 Å². The van der Waals surface area contributed by atoms with Gasteiger partial charge in [-0.2, -0.15) is 0 Å². The van der Waals surface area contributed by atoms with Gasteiger partial charge in [0, 0.05) is 0 Å². The van der Waals surface area contributed by atoms with Crippen LogP contribution in [-0.4, -0.2) is 23.3 Å². The number of hydrogen-bond donors (Lipinski definition) is 2.